The van der Waals surface area contributed by atoms with Crippen LogP contribution in [0.2, 0.25) is 0 Å². The van der Waals surface area contributed by atoms with Gasteiger partial charge in [-0.25, -0.2) is 4.90 Å². The van der Waals surface area contributed by atoms with Crippen molar-refractivity contribution >= 4 is 29.3 Å². The number of imide groups is 2. The van der Waals surface area contributed by atoms with Crippen LogP contribution in [0.25, 0.3) is 0 Å². The zero-order valence-corrected chi connectivity index (χ0v) is 23.4. The minimum Gasteiger partial charge on any atom is -0.504 e. The Labute approximate surface area is 233 Å². The summed E-state index contributed by atoms with van der Waals surface area (Å²) in [7, 11) is 1.47. The average Bonchev–Trinajstić information content (AvgIpc) is 3.28. The van der Waals surface area contributed by atoms with Crippen molar-refractivity contribution < 1.29 is 29.0 Å². The van der Waals surface area contributed by atoms with E-state index in [0.29, 0.717) is 29.8 Å². The lowest BCUT2D eigenvalue weighted by Crippen LogP contribution is -2.49. The van der Waals surface area contributed by atoms with Gasteiger partial charge in [-0.05, 0) is 76.3 Å². The molecule has 208 valence electrons. The van der Waals surface area contributed by atoms with Crippen molar-refractivity contribution in [3.63, 3.8) is 0 Å². The molecule has 6 atom stereocenters. The molecule has 2 aromatic carbocycles. The zero-order valence-electron chi connectivity index (χ0n) is 23.4. The fourth-order valence-corrected chi connectivity index (χ4v) is 7.77. The first-order chi connectivity index (χ1) is 18.9. The van der Waals surface area contributed by atoms with Gasteiger partial charge in [0, 0.05) is 11.5 Å². The molecule has 1 saturated carbocycles. The van der Waals surface area contributed by atoms with E-state index in [1.807, 2.05) is 45.9 Å². The molecule has 2 saturated heterocycles. The van der Waals surface area contributed by atoms with Gasteiger partial charge < -0.3 is 9.84 Å². The highest BCUT2D eigenvalue weighted by Crippen LogP contribution is 2.64. The van der Waals surface area contributed by atoms with Crippen LogP contribution in [0.1, 0.15) is 52.0 Å². The third kappa shape index (κ3) is 3.44. The number of hydrogen-bond acceptors (Lipinski definition) is 6. The zero-order chi connectivity index (χ0) is 28.7. The first-order valence-electron chi connectivity index (χ1n) is 13.8. The highest BCUT2D eigenvalue weighted by atomic mass is 16.5. The SMILES string of the molecule is COc1ccc(C2C3=CCC4C(=O)N(C(C)(C)C)C(=O)C4C3CC3C(=O)N(c4ccccc4)C(=O)C32C)cc1O. The number of allylic oxidation sites excluding steroid dienone is 2. The van der Waals surface area contributed by atoms with E-state index in [9.17, 15) is 24.3 Å². The molecule has 2 heterocycles. The number of phenolic OH excluding ortho intramolecular Hbond substituents is 1. The summed E-state index contributed by atoms with van der Waals surface area (Å²) in [5, 5.41) is 10.7. The summed E-state index contributed by atoms with van der Waals surface area (Å²) >= 11 is 0. The number of benzene rings is 2. The minimum absolute atomic E-state index is 0.0701. The van der Waals surface area contributed by atoms with Gasteiger partial charge in [-0.3, -0.25) is 24.1 Å². The van der Waals surface area contributed by atoms with Crippen LogP contribution in [0, 0.1) is 29.1 Å². The van der Waals surface area contributed by atoms with Crippen LogP contribution in [0.15, 0.2) is 60.2 Å². The normalized spacial score (nSPS) is 31.6. The van der Waals surface area contributed by atoms with Crippen LogP contribution in [0.4, 0.5) is 5.69 Å². The maximum Gasteiger partial charge on any atom is 0.241 e. The summed E-state index contributed by atoms with van der Waals surface area (Å²) in [5.41, 5.74) is 0.237. The number of para-hydroxylation sites is 1. The lowest BCUT2D eigenvalue weighted by atomic mass is 9.51. The summed E-state index contributed by atoms with van der Waals surface area (Å²) in [6.45, 7) is 7.39. The number of phenols is 1. The van der Waals surface area contributed by atoms with Crippen molar-refractivity contribution in [2.75, 3.05) is 12.0 Å². The predicted octanol–water partition coefficient (Wildman–Crippen LogP) is 4.43. The summed E-state index contributed by atoms with van der Waals surface area (Å²) < 4.78 is 5.26. The Morgan fingerprint density at radius 3 is 2.27 bits per heavy atom. The van der Waals surface area contributed by atoms with Crippen LogP contribution < -0.4 is 9.64 Å². The first-order valence-corrected chi connectivity index (χ1v) is 13.8. The van der Waals surface area contributed by atoms with Gasteiger partial charge in [0.25, 0.3) is 0 Å². The number of amides is 4. The number of nitrogens with zero attached hydrogens (tertiary/aromatic N) is 2. The molecule has 2 aliphatic carbocycles. The van der Waals surface area contributed by atoms with Crippen LogP contribution in [-0.2, 0) is 19.2 Å². The molecule has 2 aliphatic heterocycles. The summed E-state index contributed by atoms with van der Waals surface area (Å²) in [5.74, 6) is -3.53. The Balaban J connectivity index is 1.53. The van der Waals surface area contributed by atoms with Gasteiger partial charge in [0.15, 0.2) is 11.5 Å². The molecule has 6 unspecified atom stereocenters. The van der Waals surface area contributed by atoms with Gasteiger partial charge in [-0.2, -0.15) is 0 Å². The average molecular weight is 543 g/mol. The Hall–Kier alpha value is -3.94. The second-order valence-electron chi connectivity index (χ2n) is 12.6. The van der Waals surface area contributed by atoms with E-state index in [1.54, 1.807) is 36.4 Å². The Bertz CT molecular complexity index is 1470. The number of carbonyl (C=O) groups excluding carboxylic acids is 4. The minimum atomic E-state index is -1.15. The molecule has 4 amide bonds. The van der Waals surface area contributed by atoms with Crippen molar-refractivity contribution in [1.29, 1.82) is 0 Å². The van der Waals surface area contributed by atoms with E-state index in [1.165, 1.54) is 16.9 Å². The van der Waals surface area contributed by atoms with E-state index in [0.717, 1.165) is 5.57 Å². The van der Waals surface area contributed by atoms with Crippen LogP contribution in [0.3, 0.4) is 0 Å². The molecule has 4 aliphatic rings. The molecule has 0 radical (unpaired) electrons. The number of rotatable bonds is 3. The Morgan fingerprint density at radius 2 is 1.65 bits per heavy atom. The third-order valence-electron chi connectivity index (χ3n) is 9.50. The fraction of sp³-hybridized carbons (Fsp3) is 0.438. The van der Waals surface area contributed by atoms with Gasteiger partial charge in [0.2, 0.25) is 23.6 Å². The highest BCUT2D eigenvalue weighted by Gasteiger charge is 2.68. The number of carbonyl (C=O) groups is 4. The molecule has 0 aromatic heterocycles. The van der Waals surface area contributed by atoms with E-state index in [-0.39, 0.29) is 35.3 Å². The van der Waals surface area contributed by atoms with Crippen molar-refractivity contribution in [1.82, 2.24) is 4.90 Å². The number of fused-ring (bicyclic) bond motifs is 4. The maximum absolute atomic E-state index is 14.3. The topological polar surface area (TPSA) is 104 Å². The number of ether oxygens (including phenoxy) is 1. The number of hydrogen-bond donors (Lipinski definition) is 1. The molecule has 0 bridgehead atoms. The van der Waals surface area contributed by atoms with E-state index >= 15 is 0 Å². The van der Waals surface area contributed by atoms with Crippen molar-refractivity contribution in [2.24, 2.45) is 29.1 Å². The molecule has 40 heavy (non-hydrogen) atoms. The van der Waals surface area contributed by atoms with Crippen molar-refractivity contribution in [3.05, 3.63) is 65.7 Å². The van der Waals surface area contributed by atoms with E-state index in [2.05, 4.69) is 0 Å². The quantitative estimate of drug-likeness (QED) is 0.455. The molecular formula is C32H34N2O6. The first kappa shape index (κ1) is 26.3. The summed E-state index contributed by atoms with van der Waals surface area (Å²) in [4.78, 5) is 58.5. The number of likely N-dealkylation sites (tertiary alicyclic amines) is 1. The van der Waals surface area contributed by atoms with E-state index in [4.69, 9.17) is 4.74 Å². The number of aromatic hydroxyl groups is 1. The lowest BCUT2D eigenvalue weighted by molar-refractivity contribution is -0.145. The van der Waals surface area contributed by atoms with Crippen molar-refractivity contribution in [3.8, 4) is 11.5 Å². The molecule has 8 heteroatoms. The molecule has 1 N–H and O–H groups in total. The van der Waals surface area contributed by atoms with Gasteiger partial charge in [0.05, 0.1) is 36.0 Å². The van der Waals surface area contributed by atoms with Crippen LogP contribution in [-0.4, -0.2) is 46.3 Å². The van der Waals surface area contributed by atoms with Crippen LogP contribution >= 0.6 is 0 Å². The summed E-state index contributed by atoms with van der Waals surface area (Å²) in [6.07, 6.45) is 2.70. The Kier molecular flexibility index (Phi) is 5.77. The Morgan fingerprint density at radius 1 is 0.950 bits per heavy atom. The van der Waals surface area contributed by atoms with Crippen LogP contribution in [0.5, 0.6) is 11.5 Å². The maximum atomic E-state index is 14.3. The number of methoxy groups -OCH3 is 1. The van der Waals surface area contributed by atoms with Gasteiger partial charge in [0.1, 0.15) is 0 Å². The predicted molar refractivity (Wildman–Crippen MR) is 147 cm³/mol. The third-order valence-corrected chi connectivity index (χ3v) is 9.50. The van der Waals surface area contributed by atoms with E-state index < -0.39 is 34.6 Å². The van der Waals surface area contributed by atoms with Gasteiger partial charge in [-0.1, -0.05) is 35.9 Å². The smallest absolute Gasteiger partial charge is 0.241 e. The monoisotopic (exact) mass is 542 g/mol. The van der Waals surface area contributed by atoms with Gasteiger partial charge >= 0.3 is 0 Å². The molecule has 3 fully saturated rings. The van der Waals surface area contributed by atoms with Gasteiger partial charge in [-0.15, -0.1) is 0 Å². The molecular weight excluding hydrogens is 508 g/mol. The molecule has 2 aromatic rings. The fourth-order valence-electron chi connectivity index (χ4n) is 7.77. The summed E-state index contributed by atoms with van der Waals surface area (Å²) in [6, 6.07) is 13.9. The molecule has 0 spiro atoms. The lowest BCUT2D eigenvalue weighted by Gasteiger charge is -2.49. The molecule has 8 nitrogen and oxygen atoms in total. The van der Waals surface area contributed by atoms with Crippen molar-refractivity contribution in [2.45, 2.75) is 52.0 Å². The number of anilines is 1. The highest BCUT2D eigenvalue weighted by molar-refractivity contribution is 6.24. The second-order valence-corrected chi connectivity index (χ2v) is 12.6. The second kappa shape index (κ2) is 8.78. The molecule has 6 rings (SSSR count). The largest absolute Gasteiger partial charge is 0.504 e. The standard InChI is InChI=1S/C32H34N2O6/c1-31(2,3)34-27(36)20-13-12-19-21(25(20)29(34)38)16-22-28(37)33(18-9-7-6-8-10-18)30(39)32(22,4)26(19)17-11-14-24(40-5)23(35)15-17/h6-12,14-15,20-22,25-26,35H,13,16H2,1-5H3.